The molecule has 2 unspecified atom stereocenters. The predicted octanol–water partition coefficient (Wildman–Crippen LogP) is 1.98. The fourth-order valence-corrected chi connectivity index (χ4v) is 4.90. The van der Waals surface area contributed by atoms with Gasteiger partial charge >= 0.3 is 0 Å². The van der Waals surface area contributed by atoms with E-state index in [0.29, 0.717) is 6.42 Å². The smallest absolute Gasteiger partial charge is 0.166 e. The number of thioether (sulfide) groups is 2. The van der Waals surface area contributed by atoms with E-state index in [2.05, 4.69) is 0 Å². The second kappa shape index (κ2) is 4.27. The van der Waals surface area contributed by atoms with Gasteiger partial charge in [0.05, 0.1) is 5.92 Å². The van der Waals surface area contributed by atoms with Gasteiger partial charge in [-0.1, -0.05) is 6.92 Å². The number of ketones is 2. The number of Topliss-reactive ketones (excluding diaryl/α,β-unsaturated/α-hetero) is 2. The summed E-state index contributed by atoms with van der Waals surface area (Å²) in [5.74, 6) is 2.46. The van der Waals surface area contributed by atoms with Gasteiger partial charge < -0.3 is 0 Å². The van der Waals surface area contributed by atoms with Gasteiger partial charge in [0, 0.05) is 17.9 Å². The van der Waals surface area contributed by atoms with Crippen molar-refractivity contribution in [1.82, 2.24) is 0 Å². The molecule has 1 aliphatic carbocycles. The van der Waals surface area contributed by atoms with Crippen LogP contribution in [0.4, 0.5) is 0 Å². The summed E-state index contributed by atoms with van der Waals surface area (Å²) in [5.41, 5.74) is 0. The minimum atomic E-state index is -0.280. The van der Waals surface area contributed by atoms with E-state index in [-0.39, 0.29) is 28.0 Å². The molecule has 78 valence electrons. The summed E-state index contributed by atoms with van der Waals surface area (Å²) in [4.78, 5) is 23.5. The van der Waals surface area contributed by atoms with E-state index < -0.39 is 0 Å². The van der Waals surface area contributed by atoms with Crippen molar-refractivity contribution in [3.63, 3.8) is 0 Å². The van der Waals surface area contributed by atoms with Gasteiger partial charge in [0.1, 0.15) is 10.4 Å². The van der Waals surface area contributed by atoms with Crippen LogP contribution in [0, 0.1) is 11.8 Å². The number of hydrogen-bond acceptors (Lipinski definition) is 4. The van der Waals surface area contributed by atoms with Gasteiger partial charge in [-0.25, -0.2) is 0 Å². The maximum Gasteiger partial charge on any atom is 0.166 e. The third-order valence-corrected chi connectivity index (χ3v) is 5.95. The molecule has 1 saturated heterocycles. The number of carbonyl (C=O) groups excluding carboxylic acids is 2. The van der Waals surface area contributed by atoms with Crippen molar-refractivity contribution in [3.8, 4) is 0 Å². The van der Waals surface area contributed by atoms with Gasteiger partial charge in [-0.05, 0) is 12.3 Å². The molecule has 1 aliphatic heterocycles. The molecule has 2 nitrogen and oxygen atoms in total. The summed E-state index contributed by atoms with van der Waals surface area (Å²) in [5, 5.41) is 0. The van der Waals surface area contributed by atoms with Gasteiger partial charge in [0.15, 0.2) is 5.78 Å². The molecular formula is C10H14O2S2. The molecule has 4 heteroatoms. The minimum Gasteiger partial charge on any atom is -0.299 e. The summed E-state index contributed by atoms with van der Waals surface area (Å²) in [6.45, 7) is 2.03. The molecule has 0 N–H and O–H groups in total. The van der Waals surface area contributed by atoms with Crippen LogP contribution in [0.25, 0.3) is 0 Å². The highest BCUT2D eigenvalue weighted by atomic mass is 32.2. The molecule has 2 aliphatic rings. The van der Waals surface area contributed by atoms with Gasteiger partial charge in [-0.15, -0.1) is 23.5 Å². The Balaban J connectivity index is 2.05. The molecule has 0 aromatic heterocycles. The Kier molecular flexibility index (Phi) is 3.22. The van der Waals surface area contributed by atoms with Crippen molar-refractivity contribution >= 4 is 35.1 Å². The number of rotatable bonds is 2. The molecule has 0 spiro atoms. The molecule has 0 radical (unpaired) electrons. The first-order chi connectivity index (χ1) is 6.70. The Labute approximate surface area is 92.6 Å². The molecule has 1 saturated carbocycles. The maximum absolute atomic E-state index is 12.0. The lowest BCUT2D eigenvalue weighted by Gasteiger charge is -2.15. The lowest BCUT2D eigenvalue weighted by Crippen LogP contribution is -2.29. The van der Waals surface area contributed by atoms with Crippen molar-refractivity contribution in [2.45, 2.75) is 24.3 Å². The van der Waals surface area contributed by atoms with Crippen LogP contribution in [0.15, 0.2) is 0 Å². The van der Waals surface area contributed by atoms with Gasteiger partial charge in [0.25, 0.3) is 0 Å². The highest BCUT2D eigenvalue weighted by molar-refractivity contribution is 8.21. The highest BCUT2D eigenvalue weighted by Crippen LogP contribution is 2.38. The van der Waals surface area contributed by atoms with Crippen LogP contribution >= 0.6 is 23.5 Å². The predicted molar refractivity (Wildman–Crippen MR) is 60.6 cm³/mol. The first-order valence-electron chi connectivity index (χ1n) is 5.00. The standard InChI is InChI=1S/C10H14O2S2/c1-6-2-3-7(11)8(6)9(12)10-13-4-5-14-10/h6,8,10H,2-5H2,1H3. The first kappa shape index (κ1) is 10.6. The maximum atomic E-state index is 12.0. The molecule has 0 amide bonds. The van der Waals surface area contributed by atoms with E-state index in [9.17, 15) is 9.59 Å². The van der Waals surface area contributed by atoms with Crippen molar-refractivity contribution in [3.05, 3.63) is 0 Å². The van der Waals surface area contributed by atoms with Gasteiger partial charge in [-0.2, -0.15) is 0 Å². The SMILES string of the molecule is CC1CCC(=O)C1C(=O)C1SCCS1. The third kappa shape index (κ3) is 1.87. The van der Waals surface area contributed by atoms with E-state index in [1.807, 2.05) is 6.92 Å². The summed E-state index contributed by atoms with van der Waals surface area (Å²) < 4.78 is 0.0458. The second-order valence-corrected chi connectivity index (χ2v) is 6.66. The average Bonchev–Trinajstić information content (AvgIpc) is 2.75. The molecular weight excluding hydrogens is 216 g/mol. The number of hydrogen-bond donors (Lipinski definition) is 0. The Morgan fingerprint density at radius 1 is 1.36 bits per heavy atom. The van der Waals surface area contributed by atoms with Crippen LogP contribution in [0.5, 0.6) is 0 Å². The topological polar surface area (TPSA) is 34.1 Å². The van der Waals surface area contributed by atoms with Crippen molar-refractivity contribution in [1.29, 1.82) is 0 Å². The molecule has 0 aromatic carbocycles. The van der Waals surface area contributed by atoms with Crippen LogP contribution in [0.2, 0.25) is 0 Å². The molecule has 2 atom stereocenters. The first-order valence-corrected chi connectivity index (χ1v) is 7.09. The second-order valence-electron chi connectivity index (χ2n) is 3.94. The van der Waals surface area contributed by atoms with Crippen molar-refractivity contribution in [2.24, 2.45) is 11.8 Å². The third-order valence-electron chi connectivity index (χ3n) is 2.92. The van der Waals surface area contributed by atoms with E-state index in [1.54, 1.807) is 23.5 Å². The quantitative estimate of drug-likeness (QED) is 0.679. The lowest BCUT2D eigenvalue weighted by molar-refractivity contribution is -0.130. The molecule has 0 bridgehead atoms. The van der Waals surface area contributed by atoms with Crippen LogP contribution < -0.4 is 0 Å². The fourth-order valence-electron chi connectivity index (χ4n) is 2.12. The molecule has 0 aromatic rings. The van der Waals surface area contributed by atoms with Crippen molar-refractivity contribution < 1.29 is 9.59 Å². The summed E-state index contributed by atoms with van der Waals surface area (Å²) >= 11 is 3.41. The number of carbonyl (C=O) groups is 2. The minimum absolute atomic E-state index is 0.0458. The van der Waals surface area contributed by atoms with Crippen LogP contribution in [-0.2, 0) is 9.59 Å². The van der Waals surface area contributed by atoms with E-state index in [0.717, 1.165) is 17.9 Å². The zero-order valence-corrected chi connectivity index (χ0v) is 9.83. The normalized spacial score (nSPS) is 33.9. The molecule has 1 heterocycles. The zero-order chi connectivity index (χ0) is 10.1. The Bertz CT molecular complexity index is 259. The van der Waals surface area contributed by atoms with Crippen LogP contribution in [-0.4, -0.2) is 27.7 Å². The van der Waals surface area contributed by atoms with Gasteiger partial charge in [0.2, 0.25) is 0 Å². The summed E-state index contributed by atoms with van der Waals surface area (Å²) in [7, 11) is 0. The largest absolute Gasteiger partial charge is 0.299 e. The van der Waals surface area contributed by atoms with Gasteiger partial charge in [-0.3, -0.25) is 9.59 Å². The van der Waals surface area contributed by atoms with E-state index in [4.69, 9.17) is 0 Å². The Hall–Kier alpha value is 0.0400. The monoisotopic (exact) mass is 230 g/mol. The summed E-state index contributed by atoms with van der Waals surface area (Å²) in [6.07, 6.45) is 1.51. The summed E-state index contributed by atoms with van der Waals surface area (Å²) in [6, 6.07) is 0. The average molecular weight is 230 g/mol. The Morgan fingerprint density at radius 3 is 2.50 bits per heavy atom. The molecule has 14 heavy (non-hydrogen) atoms. The highest BCUT2D eigenvalue weighted by Gasteiger charge is 2.41. The van der Waals surface area contributed by atoms with Crippen LogP contribution in [0.3, 0.4) is 0 Å². The van der Waals surface area contributed by atoms with Crippen LogP contribution in [0.1, 0.15) is 19.8 Å². The van der Waals surface area contributed by atoms with E-state index in [1.165, 1.54) is 0 Å². The molecule has 2 fully saturated rings. The zero-order valence-electron chi connectivity index (χ0n) is 8.19. The molecule has 2 rings (SSSR count). The Morgan fingerprint density at radius 2 is 2.00 bits per heavy atom. The lowest BCUT2D eigenvalue weighted by atomic mass is 9.94. The van der Waals surface area contributed by atoms with Crippen molar-refractivity contribution in [2.75, 3.05) is 11.5 Å². The fraction of sp³-hybridized carbons (Fsp3) is 0.800. The van der Waals surface area contributed by atoms with E-state index >= 15 is 0 Å².